The maximum absolute atomic E-state index is 12.9. The van der Waals surface area contributed by atoms with E-state index in [2.05, 4.69) is 0 Å². The average Bonchev–Trinajstić information content (AvgIpc) is 2.61. The predicted molar refractivity (Wildman–Crippen MR) is 96.9 cm³/mol. The van der Waals surface area contributed by atoms with Crippen molar-refractivity contribution in [3.63, 3.8) is 0 Å². The lowest BCUT2D eigenvalue weighted by atomic mass is 9.61. The van der Waals surface area contributed by atoms with Crippen LogP contribution in [0.25, 0.3) is 0 Å². The van der Waals surface area contributed by atoms with Gasteiger partial charge in [-0.3, -0.25) is 4.79 Å². The molecule has 0 atom stereocenters. The Balaban J connectivity index is 2.24. The third-order valence-corrected chi connectivity index (χ3v) is 5.18. The van der Waals surface area contributed by atoms with Crippen LogP contribution in [0.15, 0.2) is 48.5 Å². The Kier molecular flexibility index (Phi) is 4.67. The highest BCUT2D eigenvalue weighted by molar-refractivity contribution is 6.13. The number of hydrogen-bond donors (Lipinski definition) is 0. The zero-order valence-electron chi connectivity index (χ0n) is 14.7. The van der Waals surface area contributed by atoms with Crippen LogP contribution in [0, 0.1) is 0 Å². The first-order chi connectivity index (χ1) is 12.0. The van der Waals surface area contributed by atoms with Gasteiger partial charge in [-0.1, -0.05) is 48.5 Å². The number of Topliss-reactive ketones (excluding diaryl/α,β-unsaturated/α-hetero) is 2. The monoisotopic (exact) mass is 334 g/mol. The Morgan fingerprint density at radius 2 is 1.16 bits per heavy atom. The molecule has 0 saturated heterocycles. The molecule has 2 aromatic carbocycles. The predicted octanol–water partition coefficient (Wildman–Crippen LogP) is 4.26. The fraction of sp³-hybridized carbons (Fsp3) is 0.318. The van der Waals surface area contributed by atoms with Gasteiger partial charge in [0.25, 0.3) is 0 Å². The van der Waals surface area contributed by atoms with Crippen molar-refractivity contribution >= 4 is 17.3 Å². The van der Waals surface area contributed by atoms with Gasteiger partial charge in [0.2, 0.25) is 0 Å². The summed E-state index contributed by atoms with van der Waals surface area (Å²) in [6.45, 7) is 3.18. The Bertz CT molecular complexity index is 778. The molecule has 3 rings (SSSR count). The second kappa shape index (κ2) is 6.75. The van der Waals surface area contributed by atoms with Crippen LogP contribution in [0.2, 0.25) is 0 Å². The molecule has 128 valence electrons. The number of carbonyl (C=O) groups is 3. The summed E-state index contributed by atoms with van der Waals surface area (Å²) >= 11 is 0. The minimum absolute atomic E-state index is 0.0208. The smallest absolute Gasteiger partial charge is 0.193 e. The first kappa shape index (κ1) is 17.3. The molecule has 3 heteroatoms. The van der Waals surface area contributed by atoms with Gasteiger partial charge in [-0.2, -0.15) is 0 Å². The van der Waals surface area contributed by atoms with E-state index in [1.165, 1.54) is 0 Å². The first-order valence-electron chi connectivity index (χ1n) is 8.68. The van der Waals surface area contributed by atoms with E-state index in [1.807, 2.05) is 48.5 Å². The van der Waals surface area contributed by atoms with Crippen molar-refractivity contribution in [1.82, 2.24) is 0 Å². The summed E-state index contributed by atoms with van der Waals surface area (Å²) < 4.78 is 0. The molecule has 0 saturated carbocycles. The van der Waals surface area contributed by atoms with Crippen LogP contribution in [0.1, 0.15) is 66.6 Å². The van der Waals surface area contributed by atoms with Crippen LogP contribution in [0.5, 0.6) is 0 Å². The Hall–Kier alpha value is -2.55. The van der Waals surface area contributed by atoms with Gasteiger partial charge < -0.3 is 9.59 Å². The molecule has 0 unspecified atom stereocenters. The normalized spacial score (nSPS) is 14.6. The molecule has 0 radical (unpaired) electrons. The van der Waals surface area contributed by atoms with Crippen molar-refractivity contribution in [3.05, 3.63) is 70.8 Å². The maximum Gasteiger partial charge on any atom is 0.193 e. The molecule has 0 bridgehead atoms. The van der Waals surface area contributed by atoms with Gasteiger partial charge in [0.15, 0.2) is 5.78 Å². The minimum atomic E-state index is -0.474. The molecule has 25 heavy (non-hydrogen) atoms. The third kappa shape index (κ3) is 3.07. The van der Waals surface area contributed by atoms with E-state index in [4.69, 9.17) is 0 Å². The molecule has 0 N–H and O–H groups in total. The van der Waals surface area contributed by atoms with Gasteiger partial charge in [0, 0.05) is 29.4 Å². The van der Waals surface area contributed by atoms with Crippen molar-refractivity contribution in [2.75, 3.05) is 0 Å². The van der Waals surface area contributed by atoms with Crippen LogP contribution in [0.4, 0.5) is 0 Å². The zero-order chi connectivity index (χ0) is 18.0. The average molecular weight is 334 g/mol. The van der Waals surface area contributed by atoms with Gasteiger partial charge in [0.1, 0.15) is 11.6 Å². The molecule has 0 fully saturated rings. The van der Waals surface area contributed by atoms with Gasteiger partial charge in [-0.05, 0) is 37.8 Å². The first-order valence-corrected chi connectivity index (χ1v) is 8.68. The Morgan fingerprint density at radius 3 is 1.56 bits per heavy atom. The highest BCUT2D eigenvalue weighted by Gasteiger charge is 2.42. The fourth-order valence-electron chi connectivity index (χ4n) is 3.93. The molecular weight excluding hydrogens is 312 g/mol. The van der Waals surface area contributed by atoms with Crippen molar-refractivity contribution in [1.29, 1.82) is 0 Å². The lowest BCUT2D eigenvalue weighted by Crippen LogP contribution is -2.36. The number of hydrogen-bond acceptors (Lipinski definition) is 3. The molecule has 1 aliphatic carbocycles. The van der Waals surface area contributed by atoms with E-state index in [1.54, 1.807) is 13.8 Å². The molecule has 0 heterocycles. The van der Waals surface area contributed by atoms with E-state index >= 15 is 0 Å². The standard InChI is InChI=1S/C22H22O3/c1-15(23)11-13-22(14-12-16(2)24)19-9-5-3-7-17(19)21(25)18-8-4-6-10-20(18)22/h3-10H,11-14H2,1-2H3. The van der Waals surface area contributed by atoms with Crippen molar-refractivity contribution < 1.29 is 14.4 Å². The van der Waals surface area contributed by atoms with E-state index in [0.29, 0.717) is 36.8 Å². The summed E-state index contributed by atoms with van der Waals surface area (Å²) in [4.78, 5) is 36.4. The molecule has 0 spiro atoms. The summed E-state index contributed by atoms with van der Waals surface area (Å²) in [7, 11) is 0. The molecule has 0 amide bonds. The summed E-state index contributed by atoms with van der Waals surface area (Å²) in [6.07, 6.45) is 2.07. The van der Waals surface area contributed by atoms with Crippen molar-refractivity contribution in [2.45, 2.75) is 44.9 Å². The second-order valence-corrected chi connectivity index (χ2v) is 6.91. The fourth-order valence-corrected chi connectivity index (χ4v) is 3.93. The number of rotatable bonds is 6. The number of benzene rings is 2. The Morgan fingerprint density at radius 1 is 0.760 bits per heavy atom. The largest absolute Gasteiger partial charge is 0.300 e. The topological polar surface area (TPSA) is 51.2 Å². The van der Waals surface area contributed by atoms with E-state index < -0.39 is 5.41 Å². The van der Waals surface area contributed by atoms with Gasteiger partial charge in [0.05, 0.1) is 0 Å². The van der Waals surface area contributed by atoms with Crippen LogP contribution in [-0.2, 0) is 15.0 Å². The van der Waals surface area contributed by atoms with Crippen LogP contribution < -0.4 is 0 Å². The minimum Gasteiger partial charge on any atom is -0.300 e. The molecule has 0 aromatic heterocycles. The summed E-state index contributed by atoms with van der Waals surface area (Å²) in [5, 5.41) is 0. The molecule has 3 nitrogen and oxygen atoms in total. The van der Waals surface area contributed by atoms with Gasteiger partial charge in [-0.15, -0.1) is 0 Å². The summed E-state index contributed by atoms with van der Waals surface area (Å²) in [6, 6.07) is 15.2. The molecule has 0 aliphatic heterocycles. The van der Waals surface area contributed by atoms with Crippen molar-refractivity contribution in [3.8, 4) is 0 Å². The number of ketones is 3. The van der Waals surface area contributed by atoms with E-state index in [0.717, 1.165) is 11.1 Å². The summed E-state index contributed by atoms with van der Waals surface area (Å²) in [5.41, 5.74) is 2.79. The van der Waals surface area contributed by atoms with Gasteiger partial charge in [-0.25, -0.2) is 0 Å². The summed E-state index contributed by atoms with van der Waals surface area (Å²) in [5.74, 6) is 0.260. The van der Waals surface area contributed by atoms with E-state index in [9.17, 15) is 14.4 Å². The molecule has 2 aromatic rings. The number of fused-ring (bicyclic) bond motifs is 2. The molecule has 1 aliphatic rings. The SMILES string of the molecule is CC(=O)CCC1(CCC(C)=O)c2ccccc2C(=O)c2ccccc21. The number of carbonyl (C=O) groups excluding carboxylic acids is 3. The lowest BCUT2D eigenvalue weighted by Gasteiger charge is -2.40. The second-order valence-electron chi connectivity index (χ2n) is 6.91. The lowest BCUT2D eigenvalue weighted by molar-refractivity contribution is -0.117. The molecular formula is C22H22O3. The zero-order valence-corrected chi connectivity index (χ0v) is 14.7. The van der Waals surface area contributed by atoms with Crippen LogP contribution in [-0.4, -0.2) is 17.3 Å². The van der Waals surface area contributed by atoms with Crippen LogP contribution in [0.3, 0.4) is 0 Å². The van der Waals surface area contributed by atoms with Crippen LogP contribution >= 0.6 is 0 Å². The highest BCUT2D eigenvalue weighted by atomic mass is 16.1. The van der Waals surface area contributed by atoms with E-state index in [-0.39, 0.29) is 17.3 Å². The maximum atomic E-state index is 12.9. The highest BCUT2D eigenvalue weighted by Crippen LogP contribution is 2.47. The van der Waals surface area contributed by atoms with Crippen molar-refractivity contribution in [2.24, 2.45) is 0 Å². The quantitative estimate of drug-likeness (QED) is 0.793. The third-order valence-electron chi connectivity index (χ3n) is 5.18. The van der Waals surface area contributed by atoms with Gasteiger partial charge >= 0.3 is 0 Å². The Labute approximate surface area is 148 Å².